The van der Waals surface area contributed by atoms with Crippen molar-refractivity contribution >= 4 is 22.0 Å². The molecular formula is C9H17NO6S. The lowest BCUT2D eigenvalue weighted by molar-refractivity contribution is -0.138. The Morgan fingerprint density at radius 3 is 2.47 bits per heavy atom. The standard InChI is InChI=1S/C9H17NO6S/c1-7(4-3-5-8(11)12)10-17(14,15)6-9(13)16-2/h7,10H,3-6H2,1-2H3,(H,11,12). The fourth-order valence-corrected chi connectivity index (χ4v) is 2.42. The van der Waals surface area contributed by atoms with Gasteiger partial charge in [-0.25, -0.2) is 13.1 Å². The zero-order valence-electron chi connectivity index (χ0n) is 9.80. The monoisotopic (exact) mass is 267 g/mol. The highest BCUT2D eigenvalue weighted by Crippen LogP contribution is 2.02. The van der Waals surface area contributed by atoms with Crippen LogP contribution in [0.2, 0.25) is 0 Å². The number of aliphatic carboxylic acids is 1. The van der Waals surface area contributed by atoms with E-state index in [1.807, 2.05) is 0 Å². The first-order chi connectivity index (χ1) is 7.76. The van der Waals surface area contributed by atoms with Crippen LogP contribution in [-0.2, 0) is 24.3 Å². The number of sulfonamides is 1. The van der Waals surface area contributed by atoms with Gasteiger partial charge in [0.1, 0.15) is 0 Å². The van der Waals surface area contributed by atoms with Gasteiger partial charge in [0.2, 0.25) is 10.0 Å². The smallest absolute Gasteiger partial charge is 0.322 e. The van der Waals surface area contributed by atoms with E-state index in [0.717, 1.165) is 7.11 Å². The third-order valence-electron chi connectivity index (χ3n) is 1.94. The van der Waals surface area contributed by atoms with Crippen molar-refractivity contribution in [1.29, 1.82) is 0 Å². The number of carboxylic acids is 1. The second kappa shape index (κ2) is 7.23. The van der Waals surface area contributed by atoms with Crippen LogP contribution in [0.5, 0.6) is 0 Å². The Morgan fingerprint density at radius 2 is 2.00 bits per heavy atom. The molecule has 0 heterocycles. The molecule has 7 nitrogen and oxygen atoms in total. The predicted octanol–water partition coefficient (Wildman–Crippen LogP) is -0.278. The van der Waals surface area contributed by atoms with Gasteiger partial charge in [0.05, 0.1) is 7.11 Å². The fourth-order valence-electron chi connectivity index (χ4n) is 1.18. The first-order valence-corrected chi connectivity index (χ1v) is 6.70. The van der Waals surface area contributed by atoms with Crippen molar-refractivity contribution in [3.05, 3.63) is 0 Å². The molecule has 0 aliphatic heterocycles. The van der Waals surface area contributed by atoms with Crippen LogP contribution in [0.4, 0.5) is 0 Å². The quantitative estimate of drug-likeness (QED) is 0.585. The molecule has 0 aromatic carbocycles. The van der Waals surface area contributed by atoms with E-state index < -0.39 is 33.8 Å². The van der Waals surface area contributed by atoms with Crippen molar-refractivity contribution in [3.8, 4) is 0 Å². The number of hydrogen-bond donors (Lipinski definition) is 2. The number of esters is 1. The molecule has 0 fully saturated rings. The van der Waals surface area contributed by atoms with E-state index >= 15 is 0 Å². The van der Waals surface area contributed by atoms with E-state index in [0.29, 0.717) is 12.8 Å². The number of nitrogens with one attached hydrogen (secondary N) is 1. The molecule has 0 radical (unpaired) electrons. The molecule has 0 bridgehead atoms. The molecule has 0 rings (SSSR count). The van der Waals surface area contributed by atoms with Crippen LogP contribution in [0.3, 0.4) is 0 Å². The van der Waals surface area contributed by atoms with E-state index in [-0.39, 0.29) is 6.42 Å². The van der Waals surface area contributed by atoms with Gasteiger partial charge in [-0.05, 0) is 19.8 Å². The summed E-state index contributed by atoms with van der Waals surface area (Å²) in [4.78, 5) is 21.0. The van der Waals surface area contributed by atoms with Crippen molar-refractivity contribution in [2.24, 2.45) is 0 Å². The number of ether oxygens (including phenoxy) is 1. The van der Waals surface area contributed by atoms with Crippen molar-refractivity contribution in [1.82, 2.24) is 4.72 Å². The van der Waals surface area contributed by atoms with E-state index in [1.54, 1.807) is 6.92 Å². The number of rotatable bonds is 8. The summed E-state index contributed by atoms with van der Waals surface area (Å²) in [6.07, 6.45) is 0.757. The van der Waals surface area contributed by atoms with Gasteiger partial charge in [-0.1, -0.05) is 0 Å². The van der Waals surface area contributed by atoms with Crippen LogP contribution >= 0.6 is 0 Å². The van der Waals surface area contributed by atoms with Crippen LogP contribution in [0.25, 0.3) is 0 Å². The Bertz CT molecular complexity index is 364. The van der Waals surface area contributed by atoms with Crippen LogP contribution in [0.15, 0.2) is 0 Å². The lowest BCUT2D eigenvalue weighted by atomic mass is 10.1. The SMILES string of the molecule is COC(=O)CS(=O)(=O)NC(C)CCCC(=O)O. The molecule has 2 N–H and O–H groups in total. The summed E-state index contributed by atoms with van der Waals surface area (Å²) in [6, 6.07) is -0.413. The van der Waals surface area contributed by atoms with Crippen LogP contribution in [0.1, 0.15) is 26.2 Å². The summed E-state index contributed by atoms with van der Waals surface area (Å²) in [7, 11) is -2.61. The molecule has 0 saturated carbocycles. The molecular weight excluding hydrogens is 250 g/mol. The highest BCUT2D eigenvalue weighted by Gasteiger charge is 2.19. The van der Waals surface area contributed by atoms with Crippen molar-refractivity contribution in [2.45, 2.75) is 32.2 Å². The number of carboxylic acid groups (broad SMARTS) is 1. The number of carbonyl (C=O) groups is 2. The summed E-state index contributed by atoms with van der Waals surface area (Å²) in [6.45, 7) is 1.61. The predicted molar refractivity (Wildman–Crippen MR) is 59.9 cm³/mol. The lowest BCUT2D eigenvalue weighted by Gasteiger charge is -2.12. The Hall–Kier alpha value is -1.15. The van der Waals surface area contributed by atoms with Crippen molar-refractivity contribution in [3.63, 3.8) is 0 Å². The molecule has 1 unspecified atom stereocenters. The summed E-state index contributed by atoms with van der Waals surface area (Å²) in [5.74, 6) is -2.49. The average Bonchev–Trinajstić information content (AvgIpc) is 2.15. The molecule has 0 spiro atoms. The molecule has 1 atom stereocenters. The second-order valence-corrected chi connectivity index (χ2v) is 5.39. The summed E-state index contributed by atoms with van der Waals surface area (Å²) in [5, 5.41) is 8.41. The van der Waals surface area contributed by atoms with E-state index in [4.69, 9.17) is 5.11 Å². The number of methoxy groups -OCH3 is 1. The van der Waals surface area contributed by atoms with Gasteiger partial charge < -0.3 is 9.84 Å². The summed E-state index contributed by atoms with van der Waals surface area (Å²) in [5.41, 5.74) is 0. The minimum atomic E-state index is -3.71. The maximum absolute atomic E-state index is 11.4. The Labute approximate surface area is 100 Å². The van der Waals surface area contributed by atoms with Gasteiger partial charge in [-0.2, -0.15) is 0 Å². The minimum absolute atomic E-state index is 0.0108. The lowest BCUT2D eigenvalue weighted by Crippen LogP contribution is -2.36. The zero-order valence-corrected chi connectivity index (χ0v) is 10.6. The average molecular weight is 267 g/mol. The molecule has 100 valence electrons. The largest absolute Gasteiger partial charge is 0.481 e. The Balaban J connectivity index is 4.05. The number of carbonyl (C=O) groups excluding carboxylic acids is 1. The molecule has 8 heteroatoms. The van der Waals surface area contributed by atoms with E-state index in [9.17, 15) is 18.0 Å². The van der Waals surface area contributed by atoms with Gasteiger partial charge in [0.25, 0.3) is 0 Å². The van der Waals surface area contributed by atoms with Gasteiger partial charge in [0.15, 0.2) is 5.75 Å². The van der Waals surface area contributed by atoms with E-state index in [1.165, 1.54) is 0 Å². The van der Waals surface area contributed by atoms with Gasteiger partial charge >= 0.3 is 11.9 Å². The molecule has 0 aliphatic carbocycles. The van der Waals surface area contributed by atoms with Crippen LogP contribution in [-0.4, -0.2) is 44.4 Å². The van der Waals surface area contributed by atoms with Gasteiger partial charge in [-0.3, -0.25) is 9.59 Å². The molecule has 0 saturated heterocycles. The first-order valence-electron chi connectivity index (χ1n) is 5.05. The zero-order chi connectivity index (χ0) is 13.5. The summed E-state index contributed by atoms with van der Waals surface area (Å²) < 4.78 is 29.3. The molecule has 0 aromatic rings. The van der Waals surface area contributed by atoms with Gasteiger partial charge in [0, 0.05) is 12.5 Å². The second-order valence-electron chi connectivity index (χ2n) is 3.64. The maximum Gasteiger partial charge on any atom is 0.322 e. The molecule has 0 aliphatic rings. The summed E-state index contributed by atoms with van der Waals surface area (Å²) >= 11 is 0. The fraction of sp³-hybridized carbons (Fsp3) is 0.778. The maximum atomic E-state index is 11.4. The molecule has 0 amide bonds. The Morgan fingerprint density at radius 1 is 1.41 bits per heavy atom. The topological polar surface area (TPSA) is 110 Å². The normalized spacial score (nSPS) is 13.1. The molecule has 0 aromatic heterocycles. The first kappa shape index (κ1) is 15.9. The third kappa shape index (κ3) is 8.64. The van der Waals surface area contributed by atoms with E-state index in [2.05, 4.69) is 9.46 Å². The number of hydrogen-bond acceptors (Lipinski definition) is 5. The van der Waals surface area contributed by atoms with Gasteiger partial charge in [-0.15, -0.1) is 0 Å². The van der Waals surface area contributed by atoms with Crippen LogP contribution < -0.4 is 4.72 Å². The highest BCUT2D eigenvalue weighted by molar-refractivity contribution is 7.90. The Kier molecular flexibility index (Phi) is 6.74. The highest BCUT2D eigenvalue weighted by atomic mass is 32.2. The van der Waals surface area contributed by atoms with Crippen molar-refractivity contribution in [2.75, 3.05) is 12.9 Å². The molecule has 17 heavy (non-hydrogen) atoms. The third-order valence-corrected chi connectivity index (χ3v) is 3.32. The van der Waals surface area contributed by atoms with Crippen molar-refractivity contribution < 1.29 is 27.9 Å². The minimum Gasteiger partial charge on any atom is -0.481 e. The van der Waals surface area contributed by atoms with Crippen LogP contribution in [0, 0.1) is 0 Å².